The van der Waals surface area contributed by atoms with E-state index in [0.717, 1.165) is 14.2 Å². The molecule has 1 fully saturated rings. The lowest BCUT2D eigenvalue weighted by Gasteiger charge is -2.38. The zero-order valence-corrected chi connectivity index (χ0v) is 11.8. The van der Waals surface area contributed by atoms with Gasteiger partial charge in [-0.3, -0.25) is 0 Å². The molecule has 0 spiro atoms. The third-order valence-corrected chi connectivity index (χ3v) is 5.28. The smallest absolute Gasteiger partial charge is 0.0992 e. The maximum atomic E-state index is 6.38. The van der Waals surface area contributed by atoms with Crippen LogP contribution in [-0.2, 0) is 0 Å². The first-order valence-corrected chi connectivity index (χ1v) is 7.30. The predicted octanol–water partition coefficient (Wildman–Crippen LogP) is 5.03. The molecular formula is C12H17Cl2NS. The monoisotopic (exact) mass is 277 g/mol. The maximum Gasteiger partial charge on any atom is 0.0992 e. The fourth-order valence-electron chi connectivity index (χ4n) is 2.61. The van der Waals surface area contributed by atoms with Gasteiger partial charge in [-0.2, -0.15) is 0 Å². The van der Waals surface area contributed by atoms with Gasteiger partial charge in [0.15, 0.2) is 0 Å². The Morgan fingerprint density at radius 1 is 1.31 bits per heavy atom. The van der Waals surface area contributed by atoms with Crippen LogP contribution in [0.5, 0.6) is 0 Å². The second-order valence-electron chi connectivity index (χ2n) is 4.97. The van der Waals surface area contributed by atoms with E-state index in [1.807, 2.05) is 6.07 Å². The molecule has 0 radical (unpaired) electrons. The molecule has 1 aromatic rings. The van der Waals surface area contributed by atoms with Crippen molar-refractivity contribution in [3.05, 3.63) is 20.3 Å². The predicted molar refractivity (Wildman–Crippen MR) is 72.5 cm³/mol. The van der Waals surface area contributed by atoms with Crippen LogP contribution in [0.4, 0.5) is 0 Å². The first-order chi connectivity index (χ1) is 7.53. The minimum absolute atomic E-state index is 0.0176. The average molecular weight is 278 g/mol. The van der Waals surface area contributed by atoms with E-state index in [-0.39, 0.29) is 11.5 Å². The van der Waals surface area contributed by atoms with Gasteiger partial charge in [0, 0.05) is 11.6 Å². The Hall–Kier alpha value is 0.240. The van der Waals surface area contributed by atoms with Crippen molar-refractivity contribution in [2.45, 2.75) is 45.1 Å². The minimum Gasteiger partial charge on any atom is -0.323 e. The highest BCUT2D eigenvalue weighted by Crippen LogP contribution is 2.47. The van der Waals surface area contributed by atoms with E-state index in [0.29, 0.717) is 0 Å². The van der Waals surface area contributed by atoms with Gasteiger partial charge in [0.05, 0.1) is 8.67 Å². The Labute approximate surface area is 111 Å². The second-order valence-corrected chi connectivity index (χ2v) is 7.26. The van der Waals surface area contributed by atoms with E-state index in [4.69, 9.17) is 28.9 Å². The lowest BCUT2D eigenvalue weighted by Crippen LogP contribution is -2.33. The molecule has 0 saturated heterocycles. The number of rotatable bonds is 2. The topological polar surface area (TPSA) is 26.0 Å². The summed E-state index contributed by atoms with van der Waals surface area (Å²) in [7, 11) is 0. The van der Waals surface area contributed by atoms with Gasteiger partial charge in [0.25, 0.3) is 0 Å². The summed E-state index contributed by atoms with van der Waals surface area (Å²) in [5, 5.41) is 0. The van der Waals surface area contributed by atoms with Crippen molar-refractivity contribution in [2.75, 3.05) is 0 Å². The summed E-state index contributed by atoms with van der Waals surface area (Å²) in [6, 6.07) is 1.95. The second kappa shape index (κ2) is 4.85. The van der Waals surface area contributed by atoms with Gasteiger partial charge in [0.1, 0.15) is 0 Å². The summed E-state index contributed by atoms with van der Waals surface area (Å²) < 4.78 is 1.49. The third-order valence-electron chi connectivity index (χ3n) is 3.76. The number of nitrogens with two attached hydrogens (primary N) is 1. The minimum atomic E-state index is 0.0176. The molecule has 0 aliphatic heterocycles. The normalized spacial score (nSPS) is 22.0. The van der Waals surface area contributed by atoms with E-state index in [1.54, 1.807) is 0 Å². The summed E-state index contributed by atoms with van der Waals surface area (Å²) in [5.74, 6) is 0. The molecule has 1 saturated carbocycles. The fourth-order valence-corrected chi connectivity index (χ4v) is 4.16. The lowest BCUT2D eigenvalue weighted by molar-refractivity contribution is 0.170. The Bertz CT molecular complexity index is 369. The molecule has 1 aliphatic rings. The van der Waals surface area contributed by atoms with Crippen molar-refractivity contribution in [3.63, 3.8) is 0 Å². The van der Waals surface area contributed by atoms with E-state index in [2.05, 4.69) is 6.92 Å². The standard InChI is InChI=1S/C12H17Cl2NS/c1-12(5-3-2-4-6-12)10(15)8-7-9(13)16-11(8)14/h7,10H,2-6,15H2,1H3. The van der Waals surface area contributed by atoms with Crippen LogP contribution >= 0.6 is 34.5 Å². The summed E-state index contributed by atoms with van der Waals surface area (Å²) in [5.41, 5.74) is 7.60. The van der Waals surface area contributed by atoms with Gasteiger partial charge in [-0.25, -0.2) is 0 Å². The van der Waals surface area contributed by atoms with Crippen LogP contribution in [0.2, 0.25) is 8.67 Å². The molecule has 0 bridgehead atoms. The van der Waals surface area contributed by atoms with Crippen LogP contribution in [0.3, 0.4) is 0 Å². The van der Waals surface area contributed by atoms with Crippen molar-refractivity contribution < 1.29 is 0 Å². The molecule has 90 valence electrons. The lowest BCUT2D eigenvalue weighted by atomic mass is 9.69. The molecule has 4 heteroatoms. The van der Waals surface area contributed by atoms with Crippen LogP contribution in [0.1, 0.15) is 50.6 Å². The Morgan fingerprint density at radius 3 is 2.44 bits per heavy atom. The Morgan fingerprint density at radius 2 is 1.94 bits per heavy atom. The van der Waals surface area contributed by atoms with E-state index >= 15 is 0 Å². The van der Waals surface area contributed by atoms with Gasteiger partial charge in [-0.05, 0) is 24.3 Å². The van der Waals surface area contributed by atoms with Gasteiger partial charge in [-0.1, -0.05) is 49.4 Å². The van der Waals surface area contributed by atoms with Crippen molar-refractivity contribution >= 4 is 34.5 Å². The summed E-state index contributed by atoms with van der Waals surface area (Å²) in [6.07, 6.45) is 6.27. The van der Waals surface area contributed by atoms with Crippen LogP contribution in [-0.4, -0.2) is 0 Å². The highest BCUT2D eigenvalue weighted by Gasteiger charge is 2.35. The van der Waals surface area contributed by atoms with Gasteiger partial charge in [-0.15, -0.1) is 11.3 Å². The fraction of sp³-hybridized carbons (Fsp3) is 0.667. The van der Waals surface area contributed by atoms with Gasteiger partial charge in [0.2, 0.25) is 0 Å². The molecule has 1 atom stereocenters. The zero-order valence-electron chi connectivity index (χ0n) is 9.43. The van der Waals surface area contributed by atoms with Crippen molar-refractivity contribution in [3.8, 4) is 0 Å². The van der Waals surface area contributed by atoms with E-state index in [1.165, 1.54) is 43.4 Å². The number of halogens is 2. The Balaban J connectivity index is 2.23. The molecule has 1 heterocycles. The van der Waals surface area contributed by atoms with E-state index < -0.39 is 0 Å². The van der Waals surface area contributed by atoms with Gasteiger partial charge < -0.3 is 5.73 Å². The molecule has 0 aromatic carbocycles. The number of thiophene rings is 1. The highest BCUT2D eigenvalue weighted by molar-refractivity contribution is 7.20. The molecule has 1 aliphatic carbocycles. The number of hydrogen-bond acceptors (Lipinski definition) is 2. The molecule has 1 aromatic heterocycles. The van der Waals surface area contributed by atoms with Crippen molar-refractivity contribution in [1.29, 1.82) is 0 Å². The maximum absolute atomic E-state index is 6.38. The third kappa shape index (κ3) is 2.40. The van der Waals surface area contributed by atoms with Crippen molar-refractivity contribution in [2.24, 2.45) is 11.1 Å². The largest absolute Gasteiger partial charge is 0.323 e. The molecule has 1 nitrogen and oxygen atoms in total. The highest BCUT2D eigenvalue weighted by atomic mass is 35.5. The first-order valence-electron chi connectivity index (χ1n) is 5.73. The van der Waals surface area contributed by atoms with Crippen LogP contribution in [0.15, 0.2) is 6.07 Å². The molecule has 1 unspecified atom stereocenters. The summed E-state index contributed by atoms with van der Waals surface area (Å²) in [4.78, 5) is 0. The molecule has 2 N–H and O–H groups in total. The van der Waals surface area contributed by atoms with Crippen LogP contribution in [0.25, 0.3) is 0 Å². The first kappa shape index (κ1) is 12.7. The van der Waals surface area contributed by atoms with Gasteiger partial charge >= 0.3 is 0 Å². The summed E-state index contributed by atoms with van der Waals surface area (Å²) in [6.45, 7) is 2.28. The Kier molecular flexibility index (Phi) is 3.85. The van der Waals surface area contributed by atoms with Crippen LogP contribution < -0.4 is 5.73 Å². The average Bonchev–Trinajstić information content (AvgIpc) is 2.58. The molecule has 16 heavy (non-hydrogen) atoms. The van der Waals surface area contributed by atoms with Crippen LogP contribution in [0, 0.1) is 5.41 Å². The molecular weight excluding hydrogens is 261 g/mol. The molecule has 2 rings (SSSR count). The molecule has 0 amide bonds. The summed E-state index contributed by atoms with van der Waals surface area (Å²) >= 11 is 13.6. The zero-order chi connectivity index (χ0) is 11.8. The SMILES string of the molecule is CC1(C(N)c2cc(Cl)sc2Cl)CCCCC1. The quantitative estimate of drug-likeness (QED) is 0.807. The van der Waals surface area contributed by atoms with Crippen molar-refractivity contribution in [1.82, 2.24) is 0 Å². The van der Waals surface area contributed by atoms with E-state index in [9.17, 15) is 0 Å². The number of hydrogen-bond donors (Lipinski definition) is 1.